The van der Waals surface area contributed by atoms with Crippen LogP contribution in [0.4, 0.5) is 0 Å². The van der Waals surface area contributed by atoms with Crippen LogP contribution in [0.5, 0.6) is 0 Å². The van der Waals surface area contributed by atoms with Gasteiger partial charge in [-0.15, -0.1) is 0 Å². The zero-order valence-corrected chi connectivity index (χ0v) is 13.9. The molecule has 1 amide bonds. The number of amides is 1. The fourth-order valence-corrected chi connectivity index (χ4v) is 2.80. The molecule has 3 rings (SSSR count). The monoisotopic (exact) mass is 371 g/mol. The molecule has 1 aliphatic rings. The summed E-state index contributed by atoms with van der Waals surface area (Å²) in [6, 6.07) is 13.7. The number of hydrogen-bond acceptors (Lipinski definition) is 3. The lowest BCUT2D eigenvalue weighted by Gasteiger charge is -2.14. The second-order valence-electron chi connectivity index (χ2n) is 5.42. The van der Waals surface area contributed by atoms with Gasteiger partial charge in [-0.2, -0.15) is 0 Å². The molecule has 0 spiro atoms. The summed E-state index contributed by atoms with van der Waals surface area (Å²) in [5, 5.41) is 13.2. The Labute approximate surface area is 142 Å². The van der Waals surface area contributed by atoms with Crippen LogP contribution in [0.1, 0.15) is 22.7 Å². The van der Waals surface area contributed by atoms with Gasteiger partial charge in [-0.3, -0.25) is 9.59 Å². The number of nitrogens with one attached hydrogen (secondary N) is 1. The number of ketones is 1. The Morgan fingerprint density at radius 2 is 1.65 bits per heavy atom. The highest BCUT2D eigenvalue weighted by Crippen LogP contribution is 2.33. The zero-order valence-electron chi connectivity index (χ0n) is 12.3. The number of carbonyl (C=O) groups excluding carboxylic acids is 2. The van der Waals surface area contributed by atoms with Gasteiger partial charge >= 0.3 is 0 Å². The van der Waals surface area contributed by atoms with Gasteiger partial charge < -0.3 is 10.4 Å². The fraction of sp³-hybridized carbons (Fsp3) is 0.111. The molecule has 5 heteroatoms. The van der Waals surface area contributed by atoms with Crippen LogP contribution in [0.3, 0.4) is 0 Å². The van der Waals surface area contributed by atoms with Crippen molar-refractivity contribution in [1.82, 2.24) is 5.32 Å². The zero-order chi connectivity index (χ0) is 16.6. The molecular weight excluding hydrogens is 358 g/mol. The highest BCUT2D eigenvalue weighted by Gasteiger charge is 2.39. The standard InChI is InChI=1S/C18H14BrNO3/c1-10-2-4-12(5-3-10)16(21)14-15(20-18(23)17(14)22)11-6-8-13(19)9-7-11/h2-9,15,21H,1H3,(H,20,23)/t15-/m1/s1. The summed E-state index contributed by atoms with van der Waals surface area (Å²) < 4.78 is 0.894. The van der Waals surface area contributed by atoms with Crippen LogP contribution < -0.4 is 5.32 Å². The van der Waals surface area contributed by atoms with Gasteiger partial charge in [0.15, 0.2) is 0 Å². The normalized spacial score (nSPS) is 19.7. The first-order valence-electron chi connectivity index (χ1n) is 7.08. The molecule has 1 fully saturated rings. The maximum atomic E-state index is 12.2. The van der Waals surface area contributed by atoms with Crippen LogP contribution in [-0.2, 0) is 9.59 Å². The Kier molecular flexibility index (Phi) is 4.05. The second-order valence-corrected chi connectivity index (χ2v) is 6.33. The van der Waals surface area contributed by atoms with E-state index in [-0.39, 0.29) is 11.3 Å². The van der Waals surface area contributed by atoms with Crippen LogP contribution in [-0.4, -0.2) is 16.8 Å². The first-order valence-corrected chi connectivity index (χ1v) is 7.87. The smallest absolute Gasteiger partial charge is 0.293 e. The van der Waals surface area contributed by atoms with Crippen LogP contribution in [0.15, 0.2) is 58.6 Å². The summed E-state index contributed by atoms with van der Waals surface area (Å²) >= 11 is 3.35. The predicted molar refractivity (Wildman–Crippen MR) is 90.8 cm³/mol. The van der Waals surface area contributed by atoms with Crippen molar-refractivity contribution in [3.63, 3.8) is 0 Å². The Bertz CT molecular complexity index is 807. The van der Waals surface area contributed by atoms with Gasteiger partial charge in [0.05, 0.1) is 11.6 Å². The summed E-state index contributed by atoms with van der Waals surface area (Å²) in [6.45, 7) is 1.93. The van der Waals surface area contributed by atoms with Crippen LogP contribution in [0.25, 0.3) is 5.76 Å². The molecule has 1 atom stereocenters. The number of hydrogen-bond donors (Lipinski definition) is 2. The molecule has 0 aliphatic carbocycles. The molecule has 0 aromatic heterocycles. The summed E-state index contributed by atoms with van der Waals surface area (Å²) in [5.74, 6) is -1.57. The molecule has 2 aromatic rings. The van der Waals surface area contributed by atoms with Gasteiger partial charge in [0, 0.05) is 10.0 Å². The molecule has 23 heavy (non-hydrogen) atoms. The van der Waals surface area contributed by atoms with Crippen molar-refractivity contribution in [3.8, 4) is 0 Å². The molecule has 4 nitrogen and oxygen atoms in total. The summed E-state index contributed by atoms with van der Waals surface area (Å²) in [5.41, 5.74) is 2.38. The maximum Gasteiger partial charge on any atom is 0.293 e. The molecule has 0 bridgehead atoms. The summed E-state index contributed by atoms with van der Waals surface area (Å²) in [4.78, 5) is 24.0. The quantitative estimate of drug-likeness (QED) is 0.482. The number of aryl methyl sites for hydroxylation is 1. The predicted octanol–water partition coefficient (Wildman–Crippen LogP) is 3.47. The third-order valence-electron chi connectivity index (χ3n) is 3.80. The van der Waals surface area contributed by atoms with Crippen molar-refractivity contribution in [1.29, 1.82) is 0 Å². The molecule has 2 N–H and O–H groups in total. The van der Waals surface area contributed by atoms with Crippen LogP contribution in [0, 0.1) is 6.92 Å². The summed E-state index contributed by atoms with van der Waals surface area (Å²) in [7, 11) is 0. The van der Waals surface area contributed by atoms with Gasteiger partial charge in [-0.25, -0.2) is 0 Å². The van der Waals surface area contributed by atoms with E-state index >= 15 is 0 Å². The van der Waals surface area contributed by atoms with E-state index in [1.165, 1.54) is 0 Å². The first-order chi connectivity index (χ1) is 11.0. The summed E-state index contributed by atoms with van der Waals surface area (Å²) in [6.07, 6.45) is 0. The van der Waals surface area contributed by atoms with E-state index in [4.69, 9.17) is 0 Å². The van der Waals surface area contributed by atoms with E-state index < -0.39 is 17.7 Å². The molecular formula is C18H14BrNO3. The minimum absolute atomic E-state index is 0.0844. The minimum Gasteiger partial charge on any atom is -0.507 e. The maximum absolute atomic E-state index is 12.2. The number of carbonyl (C=O) groups is 2. The number of rotatable bonds is 2. The molecule has 1 saturated heterocycles. The van der Waals surface area contributed by atoms with Gasteiger partial charge in [-0.05, 0) is 24.6 Å². The van der Waals surface area contributed by atoms with E-state index in [2.05, 4.69) is 21.2 Å². The van der Waals surface area contributed by atoms with E-state index in [0.29, 0.717) is 5.56 Å². The average molecular weight is 372 g/mol. The third-order valence-corrected chi connectivity index (χ3v) is 4.33. The van der Waals surface area contributed by atoms with Gasteiger partial charge in [-0.1, -0.05) is 57.9 Å². The fourth-order valence-electron chi connectivity index (χ4n) is 2.54. The second kappa shape index (κ2) is 6.01. The van der Waals surface area contributed by atoms with Crippen molar-refractivity contribution in [3.05, 3.63) is 75.3 Å². The molecule has 1 aliphatic heterocycles. The van der Waals surface area contributed by atoms with Gasteiger partial charge in [0.1, 0.15) is 5.76 Å². The van der Waals surface area contributed by atoms with Crippen LogP contribution in [0.2, 0.25) is 0 Å². The van der Waals surface area contributed by atoms with Crippen molar-refractivity contribution in [2.45, 2.75) is 13.0 Å². The molecule has 2 aromatic carbocycles. The van der Waals surface area contributed by atoms with Gasteiger partial charge in [0.2, 0.25) is 0 Å². The van der Waals surface area contributed by atoms with Crippen LogP contribution >= 0.6 is 15.9 Å². The number of aliphatic hydroxyl groups is 1. The number of aliphatic hydroxyl groups excluding tert-OH is 1. The first kappa shape index (κ1) is 15.5. The largest absolute Gasteiger partial charge is 0.507 e. The molecule has 0 radical (unpaired) electrons. The molecule has 0 unspecified atom stereocenters. The Morgan fingerprint density at radius 1 is 1.04 bits per heavy atom. The van der Waals surface area contributed by atoms with Gasteiger partial charge in [0.25, 0.3) is 11.7 Å². The third kappa shape index (κ3) is 2.92. The number of Topliss-reactive ketones (excluding diaryl/α,β-unsaturated/α-hetero) is 1. The van der Waals surface area contributed by atoms with Crippen molar-refractivity contribution in [2.75, 3.05) is 0 Å². The van der Waals surface area contributed by atoms with E-state index in [9.17, 15) is 14.7 Å². The van der Waals surface area contributed by atoms with Crippen molar-refractivity contribution < 1.29 is 14.7 Å². The Hall–Kier alpha value is -2.40. The molecule has 0 saturated carbocycles. The average Bonchev–Trinajstić information content (AvgIpc) is 2.84. The molecule has 1 heterocycles. The Morgan fingerprint density at radius 3 is 2.26 bits per heavy atom. The highest BCUT2D eigenvalue weighted by molar-refractivity contribution is 9.10. The van der Waals surface area contributed by atoms with Crippen molar-refractivity contribution >= 4 is 33.4 Å². The lowest BCUT2D eigenvalue weighted by molar-refractivity contribution is -0.133. The van der Waals surface area contributed by atoms with E-state index in [1.807, 2.05) is 31.2 Å². The van der Waals surface area contributed by atoms with E-state index in [0.717, 1.165) is 15.6 Å². The number of halogens is 1. The SMILES string of the molecule is Cc1ccc(C(O)=C2C(=O)C(=O)N[C@@H]2c2ccc(Br)cc2)cc1. The minimum atomic E-state index is -0.702. The lowest BCUT2D eigenvalue weighted by atomic mass is 9.95. The lowest BCUT2D eigenvalue weighted by Crippen LogP contribution is -2.21. The van der Waals surface area contributed by atoms with E-state index in [1.54, 1.807) is 24.3 Å². The Balaban J connectivity index is 2.10. The van der Waals surface area contributed by atoms with Crippen molar-refractivity contribution in [2.24, 2.45) is 0 Å². The topological polar surface area (TPSA) is 66.4 Å². The molecule has 116 valence electrons. The highest BCUT2D eigenvalue weighted by atomic mass is 79.9. The number of benzene rings is 2.